The fourth-order valence-corrected chi connectivity index (χ4v) is 1.53. The Kier molecular flexibility index (Phi) is 2.02. The molecule has 0 fully saturated rings. The Balaban J connectivity index is 2.50. The number of nitrogens with zero attached hydrogens (tertiary/aromatic N) is 2. The lowest BCUT2D eigenvalue weighted by Crippen LogP contribution is -2.04. The zero-order valence-corrected chi connectivity index (χ0v) is 7.91. The standard InChI is InChI=1S/C10H13N3/c1-11-6-8-3-4-10-9(5-8)7-12-13(10)2/h3-5,7,11H,6H2,1-2H3. The molecule has 0 atom stereocenters. The van der Waals surface area contributed by atoms with Crippen molar-refractivity contribution >= 4 is 10.9 Å². The number of rotatable bonds is 2. The molecule has 3 heteroatoms. The van der Waals surface area contributed by atoms with Gasteiger partial charge < -0.3 is 5.32 Å². The van der Waals surface area contributed by atoms with Gasteiger partial charge >= 0.3 is 0 Å². The molecule has 13 heavy (non-hydrogen) atoms. The zero-order chi connectivity index (χ0) is 9.26. The molecule has 1 heterocycles. The van der Waals surface area contributed by atoms with Gasteiger partial charge in [-0.05, 0) is 24.7 Å². The molecule has 1 aromatic heterocycles. The summed E-state index contributed by atoms with van der Waals surface area (Å²) >= 11 is 0. The van der Waals surface area contributed by atoms with E-state index in [4.69, 9.17) is 0 Å². The molecule has 0 bridgehead atoms. The summed E-state index contributed by atoms with van der Waals surface area (Å²) in [5, 5.41) is 8.53. The molecule has 1 aromatic carbocycles. The largest absolute Gasteiger partial charge is 0.316 e. The Morgan fingerprint density at radius 3 is 3.08 bits per heavy atom. The van der Waals surface area contributed by atoms with E-state index in [0.29, 0.717) is 0 Å². The Bertz CT molecular complexity index is 417. The predicted octanol–water partition coefficient (Wildman–Crippen LogP) is 1.29. The highest BCUT2D eigenvalue weighted by atomic mass is 15.2. The first-order valence-corrected chi connectivity index (χ1v) is 4.36. The van der Waals surface area contributed by atoms with E-state index in [9.17, 15) is 0 Å². The fraction of sp³-hybridized carbons (Fsp3) is 0.300. The van der Waals surface area contributed by atoms with Crippen LogP contribution in [0.25, 0.3) is 10.9 Å². The first kappa shape index (κ1) is 8.26. The first-order chi connectivity index (χ1) is 6.31. The van der Waals surface area contributed by atoms with Crippen molar-refractivity contribution in [1.82, 2.24) is 15.1 Å². The highest BCUT2D eigenvalue weighted by Crippen LogP contribution is 2.14. The number of benzene rings is 1. The van der Waals surface area contributed by atoms with Gasteiger partial charge in [0.05, 0.1) is 11.7 Å². The number of fused-ring (bicyclic) bond motifs is 1. The summed E-state index contributed by atoms with van der Waals surface area (Å²) in [6.07, 6.45) is 1.90. The lowest BCUT2D eigenvalue weighted by molar-refractivity contribution is 0.796. The monoisotopic (exact) mass is 175 g/mol. The number of hydrogen-bond donors (Lipinski definition) is 1. The fourth-order valence-electron chi connectivity index (χ4n) is 1.53. The Morgan fingerprint density at radius 1 is 1.46 bits per heavy atom. The van der Waals surface area contributed by atoms with Crippen molar-refractivity contribution in [2.45, 2.75) is 6.54 Å². The molecule has 0 aliphatic rings. The molecule has 68 valence electrons. The van der Waals surface area contributed by atoms with Crippen molar-refractivity contribution in [3.8, 4) is 0 Å². The van der Waals surface area contributed by atoms with Crippen LogP contribution in [-0.2, 0) is 13.6 Å². The zero-order valence-electron chi connectivity index (χ0n) is 7.91. The van der Waals surface area contributed by atoms with Crippen LogP contribution in [0.15, 0.2) is 24.4 Å². The van der Waals surface area contributed by atoms with Gasteiger partial charge in [-0.3, -0.25) is 4.68 Å². The second-order valence-corrected chi connectivity index (χ2v) is 3.19. The second kappa shape index (κ2) is 3.18. The molecule has 0 radical (unpaired) electrons. The molecule has 2 rings (SSSR count). The van der Waals surface area contributed by atoms with E-state index in [1.807, 2.05) is 25.0 Å². The first-order valence-electron chi connectivity index (χ1n) is 4.36. The summed E-state index contributed by atoms with van der Waals surface area (Å²) in [6, 6.07) is 6.40. The third-order valence-corrected chi connectivity index (χ3v) is 2.19. The van der Waals surface area contributed by atoms with Gasteiger partial charge in [0.2, 0.25) is 0 Å². The maximum Gasteiger partial charge on any atom is 0.0679 e. The minimum absolute atomic E-state index is 0.908. The van der Waals surface area contributed by atoms with Gasteiger partial charge in [-0.1, -0.05) is 6.07 Å². The smallest absolute Gasteiger partial charge is 0.0679 e. The third kappa shape index (κ3) is 1.42. The topological polar surface area (TPSA) is 29.9 Å². The van der Waals surface area contributed by atoms with Crippen molar-refractivity contribution in [1.29, 1.82) is 0 Å². The third-order valence-electron chi connectivity index (χ3n) is 2.19. The molecule has 2 aromatic rings. The molecule has 0 saturated carbocycles. The number of nitrogens with one attached hydrogen (secondary N) is 1. The lowest BCUT2D eigenvalue weighted by atomic mass is 10.1. The number of aromatic nitrogens is 2. The van der Waals surface area contributed by atoms with Gasteiger partial charge in [0.25, 0.3) is 0 Å². The van der Waals surface area contributed by atoms with E-state index in [1.54, 1.807) is 0 Å². The van der Waals surface area contributed by atoms with Crippen molar-refractivity contribution in [3.05, 3.63) is 30.0 Å². The summed E-state index contributed by atoms with van der Waals surface area (Å²) in [5.41, 5.74) is 2.47. The van der Waals surface area contributed by atoms with E-state index in [1.165, 1.54) is 16.5 Å². The van der Waals surface area contributed by atoms with Crippen LogP contribution in [0.3, 0.4) is 0 Å². The van der Waals surface area contributed by atoms with Crippen LogP contribution >= 0.6 is 0 Å². The predicted molar refractivity (Wildman–Crippen MR) is 53.5 cm³/mol. The average Bonchev–Trinajstić information content (AvgIpc) is 2.48. The Hall–Kier alpha value is -1.35. The summed E-state index contributed by atoms with van der Waals surface area (Å²) in [7, 11) is 3.91. The van der Waals surface area contributed by atoms with Crippen LogP contribution in [-0.4, -0.2) is 16.8 Å². The van der Waals surface area contributed by atoms with Crippen molar-refractivity contribution in [2.75, 3.05) is 7.05 Å². The molecule has 0 aliphatic heterocycles. The van der Waals surface area contributed by atoms with Crippen molar-refractivity contribution in [2.24, 2.45) is 7.05 Å². The molecule has 0 saturated heterocycles. The van der Waals surface area contributed by atoms with Crippen LogP contribution < -0.4 is 5.32 Å². The van der Waals surface area contributed by atoms with Crippen LogP contribution in [0.5, 0.6) is 0 Å². The summed E-state index contributed by atoms with van der Waals surface area (Å²) in [6.45, 7) is 0.908. The summed E-state index contributed by atoms with van der Waals surface area (Å²) in [4.78, 5) is 0. The quantitative estimate of drug-likeness (QED) is 0.745. The van der Waals surface area contributed by atoms with Gasteiger partial charge in [0.1, 0.15) is 0 Å². The normalized spacial score (nSPS) is 10.9. The van der Waals surface area contributed by atoms with E-state index < -0.39 is 0 Å². The molecular formula is C10H13N3. The van der Waals surface area contributed by atoms with Gasteiger partial charge in [-0.15, -0.1) is 0 Å². The maximum absolute atomic E-state index is 4.19. The highest BCUT2D eigenvalue weighted by Gasteiger charge is 1.99. The van der Waals surface area contributed by atoms with Crippen LogP contribution in [0.1, 0.15) is 5.56 Å². The van der Waals surface area contributed by atoms with Gasteiger partial charge in [0.15, 0.2) is 0 Å². The van der Waals surface area contributed by atoms with Crippen LogP contribution in [0.2, 0.25) is 0 Å². The van der Waals surface area contributed by atoms with Gasteiger partial charge in [-0.25, -0.2) is 0 Å². The average molecular weight is 175 g/mol. The second-order valence-electron chi connectivity index (χ2n) is 3.19. The molecule has 3 nitrogen and oxygen atoms in total. The van der Waals surface area contributed by atoms with E-state index in [0.717, 1.165) is 6.54 Å². The minimum atomic E-state index is 0.908. The summed E-state index contributed by atoms with van der Waals surface area (Å²) < 4.78 is 1.89. The molecule has 0 aliphatic carbocycles. The number of hydrogen-bond acceptors (Lipinski definition) is 2. The minimum Gasteiger partial charge on any atom is -0.316 e. The van der Waals surface area contributed by atoms with Crippen molar-refractivity contribution < 1.29 is 0 Å². The van der Waals surface area contributed by atoms with Crippen molar-refractivity contribution in [3.63, 3.8) is 0 Å². The highest BCUT2D eigenvalue weighted by molar-refractivity contribution is 5.79. The van der Waals surface area contributed by atoms with E-state index in [-0.39, 0.29) is 0 Å². The molecule has 0 unspecified atom stereocenters. The van der Waals surface area contributed by atoms with Crippen LogP contribution in [0, 0.1) is 0 Å². The maximum atomic E-state index is 4.19. The summed E-state index contributed by atoms with van der Waals surface area (Å²) in [5.74, 6) is 0. The van der Waals surface area contributed by atoms with Gasteiger partial charge in [0, 0.05) is 19.0 Å². The van der Waals surface area contributed by atoms with Crippen LogP contribution in [0.4, 0.5) is 0 Å². The number of aryl methyl sites for hydroxylation is 1. The molecular weight excluding hydrogens is 162 g/mol. The molecule has 0 spiro atoms. The lowest BCUT2D eigenvalue weighted by Gasteiger charge is -1.99. The van der Waals surface area contributed by atoms with E-state index >= 15 is 0 Å². The Labute approximate surface area is 77.4 Å². The molecule has 0 amide bonds. The SMILES string of the molecule is CNCc1ccc2c(cnn2C)c1. The van der Waals surface area contributed by atoms with Gasteiger partial charge in [-0.2, -0.15) is 5.10 Å². The Morgan fingerprint density at radius 2 is 2.31 bits per heavy atom. The van der Waals surface area contributed by atoms with E-state index in [2.05, 4.69) is 28.6 Å². The molecule has 1 N–H and O–H groups in total.